The predicted molar refractivity (Wildman–Crippen MR) is 79.8 cm³/mol. The van der Waals surface area contributed by atoms with Crippen LogP contribution in [-0.2, 0) is 20.0 Å². The van der Waals surface area contributed by atoms with Gasteiger partial charge in [0.25, 0.3) is 10.0 Å². The minimum absolute atomic E-state index is 0.0256. The molecule has 0 bridgehead atoms. The van der Waals surface area contributed by atoms with E-state index in [4.69, 9.17) is 0 Å². The zero-order valence-corrected chi connectivity index (χ0v) is 14.0. The molecular weight excluding hydrogens is 298 g/mol. The third kappa shape index (κ3) is 4.29. The van der Waals surface area contributed by atoms with Crippen LogP contribution in [0, 0.1) is 0 Å². The largest absolute Gasteiger partial charge is 0.253 e. The smallest absolute Gasteiger partial charge is 0.212 e. The Labute approximate surface area is 121 Å². The van der Waals surface area contributed by atoms with Gasteiger partial charge in [-0.05, 0) is 29.0 Å². The molecule has 7 heteroatoms. The number of nitrogens with one attached hydrogen (secondary N) is 1. The molecule has 1 aromatic carbocycles. The maximum Gasteiger partial charge on any atom is 0.253 e. The Balaban J connectivity index is 3.51. The van der Waals surface area contributed by atoms with E-state index in [2.05, 4.69) is 0 Å². The Morgan fingerprint density at radius 2 is 1.50 bits per heavy atom. The first-order valence-corrected chi connectivity index (χ1v) is 9.69. The van der Waals surface area contributed by atoms with Crippen molar-refractivity contribution in [1.29, 1.82) is 0 Å². The Bertz CT molecular complexity index is 689. The summed E-state index contributed by atoms with van der Waals surface area (Å²) in [7, 11) is -7.93. The molecule has 0 spiro atoms. The highest BCUT2D eigenvalue weighted by Gasteiger charge is 2.24. The quantitative estimate of drug-likeness (QED) is 0.902. The molecule has 0 saturated heterocycles. The molecule has 0 aromatic heterocycles. The van der Waals surface area contributed by atoms with E-state index in [0.717, 1.165) is 11.8 Å². The normalized spacial score (nSPS) is 13.2. The summed E-state index contributed by atoms with van der Waals surface area (Å²) in [6.45, 7) is 7.63. The number of sulfonamides is 2. The van der Waals surface area contributed by atoms with Gasteiger partial charge < -0.3 is 0 Å². The Kier molecular flexibility index (Phi) is 4.99. The van der Waals surface area contributed by atoms with Gasteiger partial charge in [-0.1, -0.05) is 39.8 Å². The molecule has 5 nitrogen and oxygen atoms in total. The highest BCUT2D eigenvalue weighted by atomic mass is 32.3. The van der Waals surface area contributed by atoms with E-state index in [-0.39, 0.29) is 16.7 Å². The van der Waals surface area contributed by atoms with Gasteiger partial charge in [0.2, 0.25) is 10.0 Å². The second-order valence-electron chi connectivity index (χ2n) is 5.47. The van der Waals surface area contributed by atoms with Crippen molar-refractivity contribution in [2.24, 2.45) is 0 Å². The molecule has 0 radical (unpaired) electrons. The fraction of sp³-hybridized carbons (Fsp3) is 0.538. The van der Waals surface area contributed by atoms with Crippen molar-refractivity contribution in [3.05, 3.63) is 29.3 Å². The molecule has 0 heterocycles. The van der Waals surface area contributed by atoms with Crippen molar-refractivity contribution in [2.75, 3.05) is 6.26 Å². The van der Waals surface area contributed by atoms with Crippen LogP contribution in [0.5, 0.6) is 0 Å². The average molecular weight is 319 g/mol. The number of benzene rings is 1. The van der Waals surface area contributed by atoms with E-state index < -0.39 is 20.0 Å². The Morgan fingerprint density at radius 3 is 1.90 bits per heavy atom. The van der Waals surface area contributed by atoms with Crippen LogP contribution < -0.4 is 4.13 Å². The molecule has 1 rings (SSSR count). The Morgan fingerprint density at radius 1 is 0.950 bits per heavy atom. The first-order chi connectivity index (χ1) is 8.94. The molecule has 0 aliphatic heterocycles. The van der Waals surface area contributed by atoms with Gasteiger partial charge in [0.1, 0.15) is 0 Å². The van der Waals surface area contributed by atoms with Gasteiger partial charge in [-0.15, -0.1) is 4.13 Å². The third-order valence-electron chi connectivity index (χ3n) is 2.88. The highest BCUT2D eigenvalue weighted by Crippen LogP contribution is 2.27. The molecule has 0 aliphatic rings. The van der Waals surface area contributed by atoms with Crippen LogP contribution in [0.2, 0.25) is 0 Å². The van der Waals surface area contributed by atoms with E-state index in [9.17, 15) is 16.8 Å². The van der Waals surface area contributed by atoms with Crippen molar-refractivity contribution in [3.8, 4) is 0 Å². The fourth-order valence-corrected chi connectivity index (χ4v) is 4.72. The van der Waals surface area contributed by atoms with Crippen LogP contribution in [0.25, 0.3) is 0 Å². The van der Waals surface area contributed by atoms with Crippen LogP contribution >= 0.6 is 0 Å². The lowest BCUT2D eigenvalue weighted by atomic mass is 9.97. The van der Waals surface area contributed by atoms with Gasteiger partial charge in [0, 0.05) is 0 Å². The molecule has 0 amide bonds. The standard InChI is InChI=1S/C13H21NO4S2/c1-9(2)11-6-7-12(10(3)4)13(8-11)20(17,18)14-19(5,15)16/h6-10,14H,1-5H3. The van der Waals surface area contributed by atoms with Gasteiger partial charge in [-0.2, -0.15) is 0 Å². The van der Waals surface area contributed by atoms with E-state index >= 15 is 0 Å². The summed E-state index contributed by atoms with van der Waals surface area (Å²) in [5.41, 5.74) is 1.45. The molecule has 20 heavy (non-hydrogen) atoms. The van der Waals surface area contributed by atoms with Gasteiger partial charge in [-0.3, -0.25) is 0 Å². The van der Waals surface area contributed by atoms with E-state index in [1.54, 1.807) is 16.3 Å². The lowest BCUT2D eigenvalue weighted by Crippen LogP contribution is -2.30. The summed E-state index contributed by atoms with van der Waals surface area (Å²) in [6.07, 6.45) is 0.825. The van der Waals surface area contributed by atoms with Crippen molar-refractivity contribution in [1.82, 2.24) is 4.13 Å². The van der Waals surface area contributed by atoms with Crippen LogP contribution in [0.4, 0.5) is 0 Å². The van der Waals surface area contributed by atoms with Gasteiger partial charge >= 0.3 is 0 Å². The second kappa shape index (κ2) is 5.83. The monoisotopic (exact) mass is 319 g/mol. The lowest BCUT2D eigenvalue weighted by Gasteiger charge is -2.16. The SMILES string of the molecule is CC(C)c1ccc(C(C)C)c(S(=O)(=O)NS(C)(=O)=O)c1. The van der Waals surface area contributed by atoms with Crippen LogP contribution in [0.15, 0.2) is 23.1 Å². The summed E-state index contributed by atoms with van der Waals surface area (Å²) in [4.78, 5) is 0.0316. The minimum Gasteiger partial charge on any atom is -0.212 e. The lowest BCUT2D eigenvalue weighted by molar-refractivity contribution is 0.578. The molecule has 0 unspecified atom stereocenters. The maximum absolute atomic E-state index is 12.3. The van der Waals surface area contributed by atoms with E-state index in [1.165, 1.54) is 0 Å². The highest BCUT2D eigenvalue weighted by molar-refractivity contribution is 8.04. The third-order valence-corrected chi connectivity index (χ3v) is 5.90. The summed E-state index contributed by atoms with van der Waals surface area (Å²) >= 11 is 0. The average Bonchev–Trinajstić information content (AvgIpc) is 2.24. The van der Waals surface area contributed by atoms with Crippen molar-refractivity contribution >= 4 is 20.0 Å². The van der Waals surface area contributed by atoms with Crippen molar-refractivity contribution in [3.63, 3.8) is 0 Å². The maximum atomic E-state index is 12.3. The topological polar surface area (TPSA) is 80.3 Å². The molecule has 1 aromatic rings. The zero-order chi connectivity index (χ0) is 15.7. The molecule has 0 fully saturated rings. The summed E-state index contributed by atoms with van der Waals surface area (Å²) in [5.74, 6) is 0.130. The minimum atomic E-state index is -4.09. The van der Waals surface area contributed by atoms with Gasteiger partial charge in [-0.25, -0.2) is 16.8 Å². The van der Waals surface area contributed by atoms with Crippen LogP contribution in [0.1, 0.15) is 50.7 Å². The summed E-state index contributed by atoms with van der Waals surface area (Å²) < 4.78 is 48.7. The van der Waals surface area contributed by atoms with Gasteiger partial charge in [0.15, 0.2) is 0 Å². The number of hydrogen-bond acceptors (Lipinski definition) is 4. The van der Waals surface area contributed by atoms with Gasteiger partial charge in [0.05, 0.1) is 11.2 Å². The van der Waals surface area contributed by atoms with Crippen molar-refractivity contribution < 1.29 is 16.8 Å². The zero-order valence-electron chi connectivity index (χ0n) is 12.3. The molecule has 0 saturated carbocycles. The first kappa shape index (κ1) is 17.1. The first-order valence-electron chi connectivity index (χ1n) is 6.31. The van der Waals surface area contributed by atoms with E-state index in [0.29, 0.717) is 5.56 Å². The molecule has 1 N–H and O–H groups in total. The van der Waals surface area contributed by atoms with Crippen LogP contribution in [-0.4, -0.2) is 23.1 Å². The number of rotatable bonds is 5. The molecule has 0 atom stereocenters. The Hall–Kier alpha value is -0.920. The molecule has 0 aliphatic carbocycles. The fourth-order valence-electron chi connectivity index (χ4n) is 1.86. The van der Waals surface area contributed by atoms with Crippen molar-refractivity contribution in [2.45, 2.75) is 44.4 Å². The number of hydrogen-bond donors (Lipinski definition) is 1. The second-order valence-corrected chi connectivity index (χ2v) is 9.12. The van der Waals surface area contributed by atoms with E-state index in [1.807, 2.05) is 33.8 Å². The summed E-state index contributed by atoms with van der Waals surface area (Å²) in [5, 5.41) is 0. The molecule has 114 valence electrons. The van der Waals surface area contributed by atoms with Crippen LogP contribution in [0.3, 0.4) is 0 Å². The molecular formula is C13H21NO4S2. The predicted octanol–water partition coefficient (Wildman–Crippen LogP) is 2.17. The summed E-state index contributed by atoms with van der Waals surface area (Å²) in [6, 6.07) is 5.17.